The number of rotatable bonds is 4. The van der Waals surface area contributed by atoms with E-state index in [-0.39, 0.29) is 5.78 Å². The zero-order chi connectivity index (χ0) is 14.8. The largest absolute Gasteiger partial charge is 0.480 e. The summed E-state index contributed by atoms with van der Waals surface area (Å²) in [7, 11) is 0. The van der Waals surface area contributed by atoms with Gasteiger partial charge in [0, 0.05) is 10.9 Å². The number of carbonyl (C=O) groups excluding carboxylic acids is 2. The molecule has 1 amide bonds. The summed E-state index contributed by atoms with van der Waals surface area (Å²) in [5.74, 6) is -1.49. The molecule has 1 aliphatic rings. The molecule has 6 heteroatoms. The van der Waals surface area contributed by atoms with E-state index in [1.54, 1.807) is 5.38 Å². The monoisotopic (exact) mass is 295 g/mol. The number of carboxylic acids is 1. The first-order valence-corrected chi connectivity index (χ1v) is 7.48. The highest BCUT2D eigenvalue weighted by molar-refractivity contribution is 7.12. The number of ketones is 1. The summed E-state index contributed by atoms with van der Waals surface area (Å²) in [6, 6.07) is 1.51. The lowest BCUT2D eigenvalue weighted by atomic mass is 9.81. The van der Waals surface area contributed by atoms with Crippen LogP contribution >= 0.6 is 11.3 Å². The van der Waals surface area contributed by atoms with E-state index >= 15 is 0 Å². The van der Waals surface area contributed by atoms with Gasteiger partial charge in [0.15, 0.2) is 5.78 Å². The molecule has 1 aromatic rings. The van der Waals surface area contributed by atoms with E-state index in [1.807, 2.05) is 0 Å². The van der Waals surface area contributed by atoms with Crippen LogP contribution < -0.4 is 5.32 Å². The minimum Gasteiger partial charge on any atom is -0.480 e. The third-order valence-corrected chi connectivity index (χ3v) is 4.63. The molecule has 0 unspecified atom stereocenters. The van der Waals surface area contributed by atoms with Crippen LogP contribution in [-0.2, 0) is 4.79 Å². The highest BCUT2D eigenvalue weighted by Gasteiger charge is 2.41. The Bertz CT molecular complexity index is 543. The third kappa shape index (κ3) is 2.90. The Kier molecular flexibility index (Phi) is 4.23. The van der Waals surface area contributed by atoms with Crippen LogP contribution in [0.2, 0.25) is 0 Å². The van der Waals surface area contributed by atoms with Crippen molar-refractivity contribution in [3.05, 3.63) is 21.9 Å². The Hall–Kier alpha value is -1.69. The van der Waals surface area contributed by atoms with Crippen molar-refractivity contribution in [1.29, 1.82) is 0 Å². The maximum atomic E-state index is 12.2. The van der Waals surface area contributed by atoms with Crippen molar-refractivity contribution in [3.8, 4) is 0 Å². The summed E-state index contributed by atoms with van der Waals surface area (Å²) in [5.41, 5.74) is -0.677. The molecule has 2 N–H and O–H groups in total. The van der Waals surface area contributed by atoms with Gasteiger partial charge in [0.25, 0.3) is 5.91 Å². The highest BCUT2D eigenvalue weighted by atomic mass is 32.1. The molecule has 0 aromatic carbocycles. The quantitative estimate of drug-likeness (QED) is 0.836. The number of nitrogens with one attached hydrogen (secondary N) is 1. The summed E-state index contributed by atoms with van der Waals surface area (Å²) in [5, 5.41) is 13.7. The fourth-order valence-corrected chi connectivity index (χ4v) is 3.31. The second-order valence-corrected chi connectivity index (χ2v) is 6.07. The maximum Gasteiger partial charge on any atom is 0.329 e. The minimum atomic E-state index is -1.16. The van der Waals surface area contributed by atoms with Crippen molar-refractivity contribution >= 4 is 29.0 Å². The molecule has 5 nitrogen and oxygen atoms in total. The molecule has 0 saturated heterocycles. The Morgan fingerprint density at radius 2 is 1.90 bits per heavy atom. The van der Waals surface area contributed by atoms with Gasteiger partial charge in [0.05, 0.1) is 4.88 Å². The summed E-state index contributed by atoms with van der Waals surface area (Å²) >= 11 is 1.16. The van der Waals surface area contributed by atoms with Crippen LogP contribution in [0.3, 0.4) is 0 Å². The van der Waals surface area contributed by atoms with Crippen LogP contribution in [0.1, 0.15) is 59.1 Å². The van der Waals surface area contributed by atoms with Gasteiger partial charge in [-0.25, -0.2) is 4.79 Å². The second-order valence-electron chi connectivity index (χ2n) is 5.16. The minimum absolute atomic E-state index is 0.106. The van der Waals surface area contributed by atoms with Gasteiger partial charge >= 0.3 is 5.97 Å². The van der Waals surface area contributed by atoms with Crippen molar-refractivity contribution in [2.24, 2.45) is 0 Å². The topological polar surface area (TPSA) is 83.5 Å². The Balaban J connectivity index is 2.15. The first kappa shape index (κ1) is 14.7. The summed E-state index contributed by atoms with van der Waals surface area (Å²) in [6.45, 7) is 1.43. The fourth-order valence-electron chi connectivity index (χ4n) is 2.47. The Morgan fingerprint density at radius 3 is 2.40 bits per heavy atom. The predicted molar refractivity (Wildman–Crippen MR) is 75.2 cm³/mol. The van der Waals surface area contributed by atoms with Crippen LogP contribution in [0.15, 0.2) is 11.4 Å². The first-order valence-electron chi connectivity index (χ1n) is 6.60. The molecule has 108 valence electrons. The second kappa shape index (κ2) is 5.75. The van der Waals surface area contributed by atoms with Gasteiger partial charge in [0.2, 0.25) is 0 Å². The lowest BCUT2D eigenvalue weighted by Gasteiger charge is -2.33. The van der Waals surface area contributed by atoms with Gasteiger partial charge in [-0.05, 0) is 25.8 Å². The molecule has 0 bridgehead atoms. The zero-order valence-electron chi connectivity index (χ0n) is 11.3. The molecule has 0 radical (unpaired) electrons. The van der Waals surface area contributed by atoms with Gasteiger partial charge in [-0.2, -0.15) is 0 Å². The highest BCUT2D eigenvalue weighted by Crippen LogP contribution is 2.29. The SMILES string of the molecule is CC(=O)c1csc(C(=O)NC2(C(=O)O)CCCCC2)c1. The first-order chi connectivity index (χ1) is 9.44. The van der Waals surface area contributed by atoms with Crippen LogP contribution in [0.5, 0.6) is 0 Å². The number of carbonyl (C=O) groups is 3. The molecule has 1 aromatic heterocycles. The smallest absolute Gasteiger partial charge is 0.329 e. The zero-order valence-corrected chi connectivity index (χ0v) is 12.1. The molecule has 1 saturated carbocycles. The maximum absolute atomic E-state index is 12.2. The van der Waals surface area contributed by atoms with E-state index in [0.717, 1.165) is 30.6 Å². The van der Waals surface area contributed by atoms with E-state index in [4.69, 9.17) is 0 Å². The van der Waals surface area contributed by atoms with Crippen molar-refractivity contribution < 1.29 is 19.5 Å². The Morgan fingerprint density at radius 1 is 1.25 bits per heavy atom. The number of aliphatic carboxylic acids is 1. The lowest BCUT2D eigenvalue weighted by molar-refractivity contribution is -0.145. The number of hydrogen-bond donors (Lipinski definition) is 2. The van der Waals surface area contributed by atoms with Gasteiger partial charge in [-0.15, -0.1) is 11.3 Å². The number of Topliss-reactive ketones (excluding diaryl/α,β-unsaturated/α-hetero) is 1. The average Bonchev–Trinajstić information content (AvgIpc) is 2.89. The van der Waals surface area contributed by atoms with Crippen LogP contribution in [-0.4, -0.2) is 28.3 Å². The number of amides is 1. The van der Waals surface area contributed by atoms with Crippen molar-refractivity contribution in [3.63, 3.8) is 0 Å². The normalized spacial score (nSPS) is 17.4. The molecule has 2 rings (SSSR count). The van der Waals surface area contributed by atoms with E-state index in [9.17, 15) is 19.5 Å². The lowest BCUT2D eigenvalue weighted by Crippen LogP contribution is -2.55. The number of carboxylic acid groups (broad SMARTS) is 1. The van der Waals surface area contributed by atoms with Crippen LogP contribution in [0, 0.1) is 0 Å². The molecule has 0 atom stereocenters. The summed E-state index contributed by atoms with van der Waals surface area (Å²) in [6.07, 6.45) is 3.52. The van der Waals surface area contributed by atoms with Gasteiger partial charge in [-0.3, -0.25) is 9.59 Å². The van der Waals surface area contributed by atoms with Crippen molar-refractivity contribution in [1.82, 2.24) is 5.32 Å². The molecule has 1 aliphatic carbocycles. The molecule has 1 heterocycles. The van der Waals surface area contributed by atoms with Crippen molar-refractivity contribution in [2.45, 2.75) is 44.6 Å². The Labute approximate surface area is 121 Å². The molecule has 0 spiro atoms. The number of thiophene rings is 1. The van der Waals surface area contributed by atoms with Crippen LogP contribution in [0.25, 0.3) is 0 Å². The standard InChI is InChI=1S/C14H17NO4S/c1-9(16)10-7-11(20-8-10)12(17)15-14(13(18)19)5-3-2-4-6-14/h7-8H,2-6H2,1H3,(H,15,17)(H,18,19). The van der Waals surface area contributed by atoms with Crippen molar-refractivity contribution in [2.75, 3.05) is 0 Å². The van der Waals surface area contributed by atoms with Gasteiger partial charge < -0.3 is 10.4 Å². The van der Waals surface area contributed by atoms with E-state index in [0.29, 0.717) is 23.3 Å². The fraction of sp³-hybridized carbons (Fsp3) is 0.500. The molecule has 20 heavy (non-hydrogen) atoms. The number of hydrogen-bond acceptors (Lipinski definition) is 4. The molecular formula is C14H17NO4S. The van der Waals surface area contributed by atoms with E-state index in [2.05, 4.69) is 5.32 Å². The predicted octanol–water partition coefficient (Wildman–Crippen LogP) is 2.47. The average molecular weight is 295 g/mol. The molecular weight excluding hydrogens is 278 g/mol. The van der Waals surface area contributed by atoms with Gasteiger partial charge in [0.1, 0.15) is 5.54 Å². The van der Waals surface area contributed by atoms with E-state index in [1.165, 1.54) is 13.0 Å². The summed E-state index contributed by atoms with van der Waals surface area (Å²) < 4.78 is 0. The third-order valence-electron chi connectivity index (χ3n) is 3.70. The molecule has 1 fully saturated rings. The molecule has 0 aliphatic heterocycles. The van der Waals surface area contributed by atoms with Crippen LogP contribution in [0.4, 0.5) is 0 Å². The van der Waals surface area contributed by atoms with E-state index < -0.39 is 17.4 Å². The van der Waals surface area contributed by atoms with Gasteiger partial charge in [-0.1, -0.05) is 19.3 Å². The summed E-state index contributed by atoms with van der Waals surface area (Å²) in [4.78, 5) is 35.3.